The molecule has 190 valence electrons. The van der Waals surface area contributed by atoms with Gasteiger partial charge in [-0.1, -0.05) is 29.3 Å². The third-order valence-electron chi connectivity index (χ3n) is 5.10. The zero-order valence-electron chi connectivity index (χ0n) is 19.3. The third kappa shape index (κ3) is 5.81. The summed E-state index contributed by atoms with van der Waals surface area (Å²) in [6.07, 6.45) is 0. The molecule has 0 aliphatic heterocycles. The number of halogens is 2. The molecule has 0 aliphatic carbocycles. The van der Waals surface area contributed by atoms with Crippen molar-refractivity contribution in [1.29, 1.82) is 0 Å². The molecule has 10 nitrogen and oxygen atoms in total. The van der Waals surface area contributed by atoms with Gasteiger partial charge in [0, 0.05) is 21.7 Å². The van der Waals surface area contributed by atoms with Gasteiger partial charge in [-0.25, -0.2) is 8.42 Å². The topological polar surface area (TPSA) is 128 Å². The fourth-order valence-electron chi connectivity index (χ4n) is 3.33. The highest BCUT2D eigenvalue weighted by molar-refractivity contribution is 7.92. The Labute approximate surface area is 217 Å². The normalized spacial score (nSPS) is 11.0. The molecule has 3 aromatic carbocycles. The van der Waals surface area contributed by atoms with E-state index in [1.165, 1.54) is 63.6 Å². The molecule has 0 fully saturated rings. The molecule has 3 aromatic rings. The Morgan fingerprint density at radius 1 is 1.00 bits per heavy atom. The van der Waals surface area contributed by atoms with Crippen LogP contribution in [-0.2, 0) is 14.8 Å². The molecule has 0 heterocycles. The molecule has 0 saturated carbocycles. The first-order chi connectivity index (χ1) is 17.0. The predicted octanol–water partition coefficient (Wildman–Crippen LogP) is 5.06. The molecule has 0 bridgehead atoms. The molecule has 0 aromatic heterocycles. The summed E-state index contributed by atoms with van der Waals surface area (Å²) in [4.78, 5) is 23.4. The number of carbonyl (C=O) groups is 1. The number of nitro groups is 1. The SMILES string of the molecule is COc1ccc(Cl)cc1NC(=O)CN(c1cc(Cl)ccc1OC)S(=O)(=O)c1ccc(C)c([N+](=O)[O-])c1. The maximum atomic E-state index is 13.7. The van der Waals surface area contributed by atoms with Gasteiger partial charge in [-0.3, -0.25) is 19.2 Å². The predicted molar refractivity (Wildman–Crippen MR) is 137 cm³/mol. The van der Waals surface area contributed by atoms with E-state index in [1.54, 1.807) is 6.07 Å². The lowest BCUT2D eigenvalue weighted by molar-refractivity contribution is -0.385. The van der Waals surface area contributed by atoms with E-state index >= 15 is 0 Å². The number of nitro benzene ring substituents is 1. The molecule has 36 heavy (non-hydrogen) atoms. The van der Waals surface area contributed by atoms with Gasteiger partial charge in [-0.05, 0) is 49.4 Å². The number of hydrogen-bond acceptors (Lipinski definition) is 7. The van der Waals surface area contributed by atoms with Crippen LogP contribution < -0.4 is 19.1 Å². The smallest absolute Gasteiger partial charge is 0.273 e. The Balaban J connectivity index is 2.11. The van der Waals surface area contributed by atoms with E-state index < -0.39 is 32.3 Å². The van der Waals surface area contributed by atoms with Crippen molar-refractivity contribution in [3.05, 3.63) is 80.3 Å². The first kappa shape index (κ1) is 27.1. The van der Waals surface area contributed by atoms with Gasteiger partial charge >= 0.3 is 0 Å². The van der Waals surface area contributed by atoms with Crippen LogP contribution in [0.4, 0.5) is 17.1 Å². The van der Waals surface area contributed by atoms with E-state index in [0.717, 1.165) is 10.4 Å². The molecule has 1 amide bonds. The second-order valence-electron chi connectivity index (χ2n) is 7.43. The van der Waals surface area contributed by atoms with Crippen LogP contribution in [0.15, 0.2) is 59.5 Å². The summed E-state index contributed by atoms with van der Waals surface area (Å²) in [5.74, 6) is -0.336. The number of ether oxygens (including phenoxy) is 2. The minimum atomic E-state index is -4.52. The average Bonchev–Trinajstić information content (AvgIpc) is 2.82. The van der Waals surface area contributed by atoms with Gasteiger partial charge in [-0.2, -0.15) is 0 Å². The number of nitrogens with one attached hydrogen (secondary N) is 1. The summed E-state index contributed by atoms with van der Waals surface area (Å²) in [6, 6.07) is 12.3. The van der Waals surface area contributed by atoms with Crippen molar-refractivity contribution >= 4 is 56.2 Å². The first-order valence-corrected chi connectivity index (χ1v) is 12.4. The molecule has 1 N–H and O–H groups in total. The number of nitrogens with zero attached hydrogens (tertiary/aromatic N) is 2. The van der Waals surface area contributed by atoms with E-state index in [4.69, 9.17) is 32.7 Å². The van der Waals surface area contributed by atoms with E-state index in [2.05, 4.69) is 5.32 Å². The van der Waals surface area contributed by atoms with Crippen molar-refractivity contribution in [2.45, 2.75) is 11.8 Å². The van der Waals surface area contributed by atoms with Crippen LogP contribution in [-0.4, -0.2) is 40.0 Å². The second kappa shape index (κ2) is 11.0. The van der Waals surface area contributed by atoms with E-state index in [-0.39, 0.29) is 33.4 Å². The fourth-order valence-corrected chi connectivity index (χ4v) is 5.11. The Kier molecular flexibility index (Phi) is 8.28. The van der Waals surface area contributed by atoms with Crippen LogP contribution in [0.2, 0.25) is 10.0 Å². The van der Waals surface area contributed by atoms with Crippen molar-refractivity contribution in [2.24, 2.45) is 0 Å². The summed E-state index contributed by atoms with van der Waals surface area (Å²) < 4.78 is 38.8. The number of methoxy groups -OCH3 is 2. The van der Waals surface area contributed by atoms with Gasteiger partial charge in [0.05, 0.1) is 35.4 Å². The molecule has 0 spiro atoms. The zero-order valence-corrected chi connectivity index (χ0v) is 21.6. The van der Waals surface area contributed by atoms with Crippen LogP contribution in [0.5, 0.6) is 11.5 Å². The van der Waals surface area contributed by atoms with Crippen LogP contribution in [0, 0.1) is 17.0 Å². The van der Waals surface area contributed by atoms with Crippen LogP contribution in [0.3, 0.4) is 0 Å². The van der Waals surface area contributed by atoms with E-state index in [1.807, 2.05) is 0 Å². The highest BCUT2D eigenvalue weighted by atomic mass is 35.5. The fraction of sp³-hybridized carbons (Fsp3) is 0.174. The molecule has 0 unspecified atom stereocenters. The lowest BCUT2D eigenvalue weighted by atomic mass is 10.2. The number of aryl methyl sites for hydroxylation is 1. The van der Waals surface area contributed by atoms with Crippen molar-refractivity contribution in [3.8, 4) is 11.5 Å². The quantitative estimate of drug-likeness (QED) is 0.289. The summed E-state index contributed by atoms with van der Waals surface area (Å²) >= 11 is 12.1. The Hall–Kier alpha value is -3.54. The lowest BCUT2D eigenvalue weighted by Gasteiger charge is -2.26. The summed E-state index contributed by atoms with van der Waals surface area (Å²) in [7, 11) is -1.79. The van der Waals surface area contributed by atoms with Crippen LogP contribution in [0.25, 0.3) is 0 Å². The molecule has 0 saturated heterocycles. The zero-order chi connectivity index (χ0) is 26.6. The molecule has 13 heteroatoms. The highest BCUT2D eigenvalue weighted by Gasteiger charge is 2.31. The van der Waals surface area contributed by atoms with E-state index in [9.17, 15) is 23.3 Å². The van der Waals surface area contributed by atoms with Gasteiger partial charge in [0.1, 0.15) is 18.0 Å². The number of hydrogen-bond donors (Lipinski definition) is 1. The molecular weight excluding hydrogens is 533 g/mol. The monoisotopic (exact) mass is 553 g/mol. The molecule has 3 rings (SSSR count). The Morgan fingerprint density at radius 3 is 2.22 bits per heavy atom. The van der Waals surface area contributed by atoms with Gasteiger partial charge < -0.3 is 14.8 Å². The first-order valence-electron chi connectivity index (χ1n) is 10.2. The van der Waals surface area contributed by atoms with Crippen LogP contribution >= 0.6 is 23.2 Å². The summed E-state index contributed by atoms with van der Waals surface area (Å²) in [5, 5.41) is 14.5. The van der Waals surface area contributed by atoms with Crippen LogP contribution in [0.1, 0.15) is 5.56 Å². The minimum absolute atomic E-state index is 0.0403. The summed E-state index contributed by atoms with van der Waals surface area (Å²) in [5.41, 5.74) is 0.0663. The van der Waals surface area contributed by atoms with E-state index in [0.29, 0.717) is 10.8 Å². The number of rotatable bonds is 9. The van der Waals surface area contributed by atoms with Gasteiger partial charge in [0.25, 0.3) is 15.7 Å². The van der Waals surface area contributed by atoms with Crippen molar-refractivity contribution in [3.63, 3.8) is 0 Å². The molecular formula is C23H21Cl2N3O7S. The van der Waals surface area contributed by atoms with Gasteiger partial charge in [-0.15, -0.1) is 0 Å². The van der Waals surface area contributed by atoms with Crippen molar-refractivity contribution in [2.75, 3.05) is 30.4 Å². The van der Waals surface area contributed by atoms with Gasteiger partial charge in [0.2, 0.25) is 5.91 Å². The second-order valence-corrected chi connectivity index (χ2v) is 10.2. The number of sulfonamides is 1. The maximum absolute atomic E-state index is 13.7. The Bertz CT molecular complexity index is 1430. The number of anilines is 2. The lowest BCUT2D eigenvalue weighted by Crippen LogP contribution is -2.38. The third-order valence-corrected chi connectivity index (χ3v) is 7.32. The summed E-state index contributed by atoms with van der Waals surface area (Å²) in [6.45, 7) is 0.758. The highest BCUT2D eigenvalue weighted by Crippen LogP contribution is 2.36. The molecule has 0 atom stereocenters. The number of amides is 1. The van der Waals surface area contributed by atoms with Crippen molar-refractivity contribution < 1.29 is 27.6 Å². The number of carbonyl (C=O) groups excluding carboxylic acids is 1. The van der Waals surface area contributed by atoms with Gasteiger partial charge in [0.15, 0.2) is 0 Å². The molecule has 0 aliphatic rings. The number of benzene rings is 3. The molecule has 0 radical (unpaired) electrons. The van der Waals surface area contributed by atoms with Crippen molar-refractivity contribution in [1.82, 2.24) is 0 Å². The Morgan fingerprint density at radius 2 is 1.61 bits per heavy atom. The standard InChI is InChI=1S/C23H21Cl2N3O7S/c1-14-4-7-17(12-19(14)28(30)31)36(32,33)27(20-11-16(25)6-9-22(20)35-3)13-23(29)26-18-10-15(24)5-8-21(18)34-2/h4-12H,13H2,1-3H3,(H,26,29). The largest absolute Gasteiger partial charge is 0.495 e. The minimum Gasteiger partial charge on any atom is -0.495 e. The average molecular weight is 554 g/mol. The maximum Gasteiger partial charge on any atom is 0.273 e.